The molecule has 1 rings (SSSR count). The summed E-state index contributed by atoms with van der Waals surface area (Å²) in [6, 6.07) is 5.62. The molecule has 0 fully saturated rings. The van der Waals surface area contributed by atoms with Gasteiger partial charge in [0.15, 0.2) is 5.96 Å². The summed E-state index contributed by atoms with van der Waals surface area (Å²) in [5.74, 6) is 1.87. The first kappa shape index (κ1) is 22.2. The largest absolute Gasteiger partial charge is 0.494 e. The number of ether oxygens (including phenoxy) is 2. The Labute approximate surface area is 160 Å². The van der Waals surface area contributed by atoms with Crippen molar-refractivity contribution in [1.82, 2.24) is 0 Å². The van der Waals surface area contributed by atoms with E-state index in [0.29, 0.717) is 25.7 Å². The van der Waals surface area contributed by atoms with Crippen LogP contribution in [-0.4, -0.2) is 36.7 Å². The van der Waals surface area contributed by atoms with Crippen molar-refractivity contribution >= 4 is 47.4 Å². The molecule has 0 saturated heterocycles. The van der Waals surface area contributed by atoms with Crippen molar-refractivity contribution in [1.29, 1.82) is 0 Å². The minimum atomic E-state index is 0. The molecule has 7 heteroatoms. The number of anilines is 1. The Morgan fingerprint density at radius 1 is 1.26 bits per heavy atom. The van der Waals surface area contributed by atoms with E-state index in [0.717, 1.165) is 17.2 Å². The summed E-state index contributed by atoms with van der Waals surface area (Å²) in [6.45, 7) is 9.99. The third kappa shape index (κ3) is 8.01. The van der Waals surface area contributed by atoms with Crippen molar-refractivity contribution < 1.29 is 9.47 Å². The maximum Gasteiger partial charge on any atom is 0.193 e. The number of guanidine groups is 1. The monoisotopic (exact) mass is 453 g/mol. The summed E-state index contributed by atoms with van der Waals surface area (Å²) in [6.07, 6.45) is 2.07. The molecule has 0 saturated carbocycles. The van der Waals surface area contributed by atoms with Gasteiger partial charge in [-0.05, 0) is 46.1 Å². The molecule has 1 aromatic rings. The first-order valence-electron chi connectivity index (χ1n) is 7.43. The van der Waals surface area contributed by atoms with E-state index < -0.39 is 0 Å². The van der Waals surface area contributed by atoms with Crippen LogP contribution in [0.4, 0.5) is 5.69 Å². The molecule has 5 nitrogen and oxygen atoms in total. The van der Waals surface area contributed by atoms with Crippen LogP contribution in [0.15, 0.2) is 23.2 Å². The molecule has 0 unspecified atom stereocenters. The molecule has 0 aliphatic heterocycles. The molecular weight excluding hydrogens is 425 g/mol. The molecule has 132 valence electrons. The second-order valence-corrected chi connectivity index (χ2v) is 6.83. The van der Waals surface area contributed by atoms with Crippen molar-refractivity contribution in [3.8, 4) is 11.5 Å². The first-order valence-corrected chi connectivity index (χ1v) is 8.66. The van der Waals surface area contributed by atoms with E-state index in [1.165, 1.54) is 0 Å². The molecule has 0 aliphatic carbocycles. The van der Waals surface area contributed by atoms with Gasteiger partial charge in [-0.15, -0.1) is 24.0 Å². The fraction of sp³-hybridized carbons (Fsp3) is 0.562. The first-order chi connectivity index (χ1) is 10.4. The second-order valence-electron chi connectivity index (χ2n) is 5.31. The van der Waals surface area contributed by atoms with Crippen LogP contribution in [0.5, 0.6) is 11.5 Å². The van der Waals surface area contributed by atoms with Crippen LogP contribution in [-0.2, 0) is 0 Å². The SMILES string of the molecule is CCOc1ccc(OCC)c(NC(N)=NCC(C)(C)SC)c1.I. The minimum absolute atomic E-state index is 0. The minimum Gasteiger partial charge on any atom is -0.494 e. The van der Waals surface area contributed by atoms with Crippen LogP contribution < -0.4 is 20.5 Å². The molecule has 0 atom stereocenters. The van der Waals surface area contributed by atoms with Gasteiger partial charge in [-0.1, -0.05) is 0 Å². The van der Waals surface area contributed by atoms with Gasteiger partial charge < -0.3 is 20.5 Å². The zero-order valence-corrected chi connectivity index (χ0v) is 17.7. The predicted octanol–water partition coefficient (Wildman–Crippen LogP) is 3.97. The van der Waals surface area contributed by atoms with Gasteiger partial charge >= 0.3 is 0 Å². The number of aliphatic imine (C=N–C) groups is 1. The van der Waals surface area contributed by atoms with Gasteiger partial charge in [0.25, 0.3) is 0 Å². The van der Waals surface area contributed by atoms with Gasteiger partial charge in [0, 0.05) is 10.8 Å². The summed E-state index contributed by atoms with van der Waals surface area (Å²) in [5, 5.41) is 3.10. The lowest BCUT2D eigenvalue weighted by atomic mass is 10.2. The number of nitrogens with two attached hydrogens (primary N) is 1. The van der Waals surface area contributed by atoms with Gasteiger partial charge in [0.05, 0.1) is 25.4 Å². The maximum absolute atomic E-state index is 5.99. The van der Waals surface area contributed by atoms with Crippen molar-refractivity contribution in [3.63, 3.8) is 0 Å². The lowest BCUT2D eigenvalue weighted by Crippen LogP contribution is -2.27. The highest BCUT2D eigenvalue weighted by molar-refractivity contribution is 14.0. The summed E-state index contributed by atoms with van der Waals surface area (Å²) in [5.41, 5.74) is 6.75. The fourth-order valence-electron chi connectivity index (χ4n) is 1.66. The summed E-state index contributed by atoms with van der Waals surface area (Å²) in [4.78, 5) is 4.40. The number of thioether (sulfide) groups is 1. The van der Waals surface area contributed by atoms with Gasteiger partial charge in [-0.25, -0.2) is 0 Å². The summed E-state index contributed by atoms with van der Waals surface area (Å²) < 4.78 is 11.2. The van der Waals surface area contributed by atoms with Gasteiger partial charge in [0.2, 0.25) is 0 Å². The van der Waals surface area contributed by atoms with Gasteiger partial charge in [-0.2, -0.15) is 11.8 Å². The number of halogens is 1. The standard InChI is InChI=1S/C16H27N3O2S.HI/c1-6-20-12-8-9-14(21-7-2)13(10-12)19-15(17)18-11-16(3,4)22-5;/h8-10H,6-7,11H2,1-5H3,(H3,17,18,19);1H. The van der Waals surface area contributed by atoms with Crippen molar-refractivity contribution in [2.45, 2.75) is 32.4 Å². The number of rotatable bonds is 8. The molecule has 0 bridgehead atoms. The number of hydrogen-bond donors (Lipinski definition) is 2. The topological polar surface area (TPSA) is 68.9 Å². The molecule has 0 radical (unpaired) electrons. The van der Waals surface area contributed by atoms with Gasteiger partial charge in [0.1, 0.15) is 11.5 Å². The molecule has 0 aliphatic rings. The van der Waals surface area contributed by atoms with Gasteiger partial charge in [-0.3, -0.25) is 4.99 Å². The van der Waals surface area contributed by atoms with E-state index in [-0.39, 0.29) is 28.7 Å². The molecule has 0 spiro atoms. The van der Waals surface area contributed by atoms with Crippen LogP contribution in [0.1, 0.15) is 27.7 Å². The highest BCUT2D eigenvalue weighted by atomic mass is 127. The smallest absolute Gasteiger partial charge is 0.193 e. The number of benzene rings is 1. The van der Waals surface area contributed by atoms with Crippen LogP contribution in [0.3, 0.4) is 0 Å². The van der Waals surface area contributed by atoms with Crippen LogP contribution in [0.2, 0.25) is 0 Å². The Balaban J connectivity index is 0.00000484. The quantitative estimate of drug-likeness (QED) is 0.354. The number of hydrogen-bond acceptors (Lipinski definition) is 4. The maximum atomic E-state index is 5.99. The molecule has 3 N–H and O–H groups in total. The number of nitrogens with one attached hydrogen (secondary N) is 1. The zero-order chi connectivity index (χ0) is 16.6. The van der Waals surface area contributed by atoms with Crippen LogP contribution in [0.25, 0.3) is 0 Å². The predicted molar refractivity (Wildman–Crippen MR) is 112 cm³/mol. The van der Waals surface area contributed by atoms with E-state index in [1.807, 2.05) is 32.0 Å². The lowest BCUT2D eigenvalue weighted by Gasteiger charge is -2.19. The van der Waals surface area contributed by atoms with E-state index in [1.54, 1.807) is 11.8 Å². The Morgan fingerprint density at radius 2 is 1.91 bits per heavy atom. The number of nitrogens with zero attached hydrogens (tertiary/aromatic N) is 1. The summed E-state index contributed by atoms with van der Waals surface area (Å²) in [7, 11) is 0. The summed E-state index contributed by atoms with van der Waals surface area (Å²) >= 11 is 1.76. The van der Waals surface area contributed by atoms with Crippen molar-refractivity contribution in [3.05, 3.63) is 18.2 Å². The average molecular weight is 453 g/mol. The molecule has 0 heterocycles. The highest BCUT2D eigenvalue weighted by Gasteiger charge is 2.15. The van der Waals surface area contributed by atoms with E-state index in [4.69, 9.17) is 15.2 Å². The third-order valence-electron chi connectivity index (χ3n) is 3.01. The Hall–Kier alpha value is -0.830. The average Bonchev–Trinajstić information content (AvgIpc) is 2.48. The normalized spacial score (nSPS) is 11.6. The van der Waals surface area contributed by atoms with E-state index >= 15 is 0 Å². The molecule has 1 aromatic carbocycles. The molecule has 0 aromatic heterocycles. The van der Waals surface area contributed by atoms with Crippen LogP contribution >= 0.6 is 35.7 Å². The molecule has 23 heavy (non-hydrogen) atoms. The Kier molecular flexibility index (Phi) is 10.5. The Bertz CT molecular complexity index is 510. The van der Waals surface area contributed by atoms with Crippen LogP contribution in [0, 0.1) is 0 Å². The lowest BCUT2D eigenvalue weighted by molar-refractivity contribution is 0.332. The third-order valence-corrected chi connectivity index (χ3v) is 4.24. The van der Waals surface area contributed by atoms with E-state index in [2.05, 4.69) is 30.4 Å². The zero-order valence-electron chi connectivity index (χ0n) is 14.5. The van der Waals surface area contributed by atoms with E-state index in [9.17, 15) is 0 Å². The second kappa shape index (κ2) is 10.9. The molecular formula is C16H28IN3O2S. The Morgan fingerprint density at radius 3 is 2.48 bits per heavy atom. The molecule has 0 amide bonds. The van der Waals surface area contributed by atoms with Crippen molar-refractivity contribution in [2.75, 3.05) is 31.3 Å². The van der Waals surface area contributed by atoms with Crippen molar-refractivity contribution in [2.24, 2.45) is 10.7 Å². The highest BCUT2D eigenvalue weighted by Crippen LogP contribution is 2.29. The fourth-order valence-corrected chi connectivity index (χ4v) is 1.86.